The predicted octanol–water partition coefficient (Wildman–Crippen LogP) is 10.7. The average molecular weight is 809 g/mol. The second-order valence-corrected chi connectivity index (χ2v) is 15.1. The Morgan fingerprint density at radius 1 is 0.800 bits per heavy atom. The topological polar surface area (TPSA) is 145 Å². The summed E-state index contributed by atoms with van der Waals surface area (Å²) in [5.74, 6) is -0.988. The molecule has 310 valence electrons. The molecular weight excluding hydrogens is 757 g/mol. The van der Waals surface area contributed by atoms with Crippen molar-refractivity contribution in [3.63, 3.8) is 0 Å². The molecule has 0 radical (unpaired) electrons. The van der Waals surface area contributed by atoms with Crippen molar-refractivity contribution in [2.45, 2.75) is 67.1 Å². The number of nitrogens with one attached hydrogen (secondary N) is 3. The summed E-state index contributed by atoms with van der Waals surface area (Å²) in [5.41, 5.74) is 8.11. The van der Waals surface area contributed by atoms with Crippen LogP contribution in [0.25, 0.3) is 0 Å². The zero-order valence-electron chi connectivity index (χ0n) is 34.7. The van der Waals surface area contributed by atoms with Crippen molar-refractivity contribution in [3.8, 4) is 5.75 Å². The second kappa shape index (κ2) is 21.7. The molecule has 3 aromatic carbocycles. The number of amides is 2. The number of ether oxygens (including phenoxy) is 3. The number of carbonyl (C=O) groups excluding carboxylic acids is 4. The number of pyridine rings is 1. The molecule has 2 amide bonds. The monoisotopic (exact) mass is 808 g/mol. The molecule has 0 aliphatic heterocycles. The Labute approximate surface area is 351 Å². The summed E-state index contributed by atoms with van der Waals surface area (Å²) in [7, 11) is 0. The van der Waals surface area contributed by atoms with Crippen LogP contribution in [0.5, 0.6) is 5.75 Å². The van der Waals surface area contributed by atoms with Crippen LogP contribution in [0.2, 0.25) is 0 Å². The SMILES string of the molecule is CC(C=CC1=C(C)CCCC1(C)C)=CC=CC(C)=CC(=O)Oc1ccc(COC(=O)Nc2ccccc2NC(=O)c2ccc(NCC(=O)OCc3cccnc3)cc2)cc1. The second-order valence-electron chi connectivity index (χ2n) is 15.1. The van der Waals surface area contributed by atoms with Crippen molar-refractivity contribution in [2.24, 2.45) is 5.41 Å². The fraction of sp³-hybridized carbons (Fsp3) is 0.245. The van der Waals surface area contributed by atoms with Gasteiger partial charge in [-0.15, -0.1) is 0 Å². The summed E-state index contributed by atoms with van der Waals surface area (Å²) in [6.45, 7) is 10.8. The molecule has 60 heavy (non-hydrogen) atoms. The van der Waals surface area contributed by atoms with Crippen molar-refractivity contribution in [2.75, 3.05) is 22.5 Å². The van der Waals surface area contributed by atoms with Gasteiger partial charge in [0.25, 0.3) is 5.91 Å². The van der Waals surface area contributed by atoms with Crippen molar-refractivity contribution < 1.29 is 33.4 Å². The molecule has 11 nitrogen and oxygen atoms in total. The lowest BCUT2D eigenvalue weighted by Crippen LogP contribution is -2.19. The number of anilines is 3. The zero-order chi connectivity index (χ0) is 42.9. The van der Waals surface area contributed by atoms with Crippen LogP contribution in [-0.2, 0) is 32.3 Å². The van der Waals surface area contributed by atoms with Crippen LogP contribution in [0.4, 0.5) is 21.9 Å². The molecule has 0 saturated heterocycles. The van der Waals surface area contributed by atoms with E-state index in [9.17, 15) is 19.2 Å². The fourth-order valence-corrected chi connectivity index (χ4v) is 6.47. The third-order valence-corrected chi connectivity index (χ3v) is 9.75. The van der Waals surface area contributed by atoms with E-state index in [0.717, 1.165) is 23.1 Å². The zero-order valence-corrected chi connectivity index (χ0v) is 34.7. The van der Waals surface area contributed by atoms with E-state index in [1.165, 1.54) is 30.1 Å². The highest BCUT2D eigenvalue weighted by Crippen LogP contribution is 2.40. The van der Waals surface area contributed by atoms with Crippen LogP contribution < -0.4 is 20.7 Å². The van der Waals surface area contributed by atoms with Gasteiger partial charge < -0.3 is 24.8 Å². The van der Waals surface area contributed by atoms with Gasteiger partial charge in [-0.3, -0.25) is 19.9 Å². The summed E-state index contributed by atoms with van der Waals surface area (Å²) in [6, 6.07) is 23.6. The minimum Gasteiger partial charge on any atom is -0.459 e. The standard InChI is InChI=1S/C49H52N4O7/c1-34(17-26-42-36(3)13-9-27-49(42,4)5)11-8-12-35(2)29-45(54)60-41-24-18-37(19-25-41)32-59-48(57)53-44-16-7-6-15-43(44)52-47(56)39-20-22-40(23-21-39)51-31-46(55)58-33-38-14-10-28-50-30-38/h6-8,10-12,14-26,28-30,51H,9,13,27,31-33H2,1-5H3,(H,52,56)(H,53,57). The number of benzene rings is 3. The lowest BCUT2D eigenvalue weighted by molar-refractivity contribution is -0.142. The molecule has 11 heteroatoms. The van der Waals surface area contributed by atoms with Gasteiger partial charge in [0.2, 0.25) is 0 Å². The molecular formula is C49H52N4O7. The highest BCUT2D eigenvalue weighted by atomic mass is 16.5. The molecule has 0 saturated carbocycles. The summed E-state index contributed by atoms with van der Waals surface area (Å²) >= 11 is 0. The van der Waals surface area contributed by atoms with Crippen molar-refractivity contribution in [3.05, 3.63) is 173 Å². The van der Waals surface area contributed by atoms with Crippen LogP contribution >= 0.6 is 0 Å². The predicted molar refractivity (Wildman–Crippen MR) is 235 cm³/mol. The number of aromatic nitrogens is 1. The molecule has 0 unspecified atom stereocenters. The highest BCUT2D eigenvalue weighted by Gasteiger charge is 2.26. The van der Waals surface area contributed by atoms with Gasteiger partial charge in [0, 0.05) is 35.3 Å². The first-order valence-corrected chi connectivity index (χ1v) is 19.8. The first-order valence-electron chi connectivity index (χ1n) is 19.8. The molecule has 3 N–H and O–H groups in total. The third kappa shape index (κ3) is 14.1. The van der Waals surface area contributed by atoms with Crippen LogP contribution in [0.15, 0.2) is 156 Å². The summed E-state index contributed by atoms with van der Waals surface area (Å²) < 4.78 is 16.1. The van der Waals surface area contributed by atoms with E-state index in [0.29, 0.717) is 33.9 Å². The van der Waals surface area contributed by atoms with E-state index in [4.69, 9.17) is 14.2 Å². The number of nitrogens with zero attached hydrogens (tertiary/aromatic N) is 1. The number of rotatable bonds is 16. The summed E-state index contributed by atoms with van der Waals surface area (Å²) in [6.07, 6.45) is 17.8. The van der Waals surface area contributed by atoms with Gasteiger partial charge in [0.1, 0.15) is 25.5 Å². The van der Waals surface area contributed by atoms with Crippen LogP contribution in [0.3, 0.4) is 0 Å². The lowest BCUT2D eigenvalue weighted by atomic mass is 9.72. The lowest BCUT2D eigenvalue weighted by Gasteiger charge is -2.32. The van der Waals surface area contributed by atoms with Gasteiger partial charge in [0.05, 0.1) is 11.4 Å². The average Bonchev–Trinajstić information content (AvgIpc) is 3.22. The first kappa shape index (κ1) is 44.1. The summed E-state index contributed by atoms with van der Waals surface area (Å²) in [5, 5.41) is 8.46. The molecule has 0 spiro atoms. The highest BCUT2D eigenvalue weighted by molar-refractivity contribution is 6.07. The Balaban J connectivity index is 1.04. The van der Waals surface area contributed by atoms with Gasteiger partial charge in [-0.1, -0.05) is 85.7 Å². The number of hydrogen-bond acceptors (Lipinski definition) is 9. The minimum atomic E-state index is -0.725. The van der Waals surface area contributed by atoms with Crippen LogP contribution in [0, 0.1) is 5.41 Å². The van der Waals surface area contributed by atoms with E-state index in [1.54, 1.807) is 91.3 Å². The van der Waals surface area contributed by atoms with Gasteiger partial charge in [-0.2, -0.15) is 0 Å². The fourth-order valence-electron chi connectivity index (χ4n) is 6.47. The normalized spacial score (nSPS) is 14.2. The number of para-hydroxylation sites is 2. The smallest absolute Gasteiger partial charge is 0.412 e. The molecule has 0 atom stereocenters. The minimum absolute atomic E-state index is 0.0436. The van der Waals surface area contributed by atoms with Crippen molar-refractivity contribution in [1.82, 2.24) is 4.98 Å². The van der Waals surface area contributed by atoms with E-state index in [2.05, 4.69) is 60.8 Å². The van der Waals surface area contributed by atoms with Crippen molar-refractivity contribution in [1.29, 1.82) is 0 Å². The van der Waals surface area contributed by atoms with E-state index in [-0.39, 0.29) is 25.2 Å². The number of hydrogen-bond donors (Lipinski definition) is 3. The molecule has 1 aromatic heterocycles. The Hall–Kier alpha value is -7.01. The molecule has 1 heterocycles. The van der Waals surface area contributed by atoms with Crippen molar-refractivity contribution >= 4 is 41.0 Å². The quantitative estimate of drug-likeness (QED) is 0.0436. The number of esters is 2. The number of carbonyl (C=O) groups is 4. The summed E-state index contributed by atoms with van der Waals surface area (Å²) in [4.78, 5) is 54.5. The van der Waals surface area contributed by atoms with Crippen LogP contribution in [0.1, 0.15) is 75.4 Å². The van der Waals surface area contributed by atoms with Gasteiger partial charge in [0.15, 0.2) is 0 Å². The Morgan fingerprint density at radius 3 is 2.22 bits per heavy atom. The van der Waals surface area contributed by atoms with Gasteiger partial charge in [-0.25, -0.2) is 9.59 Å². The van der Waals surface area contributed by atoms with E-state index < -0.39 is 23.9 Å². The third-order valence-electron chi connectivity index (χ3n) is 9.75. The molecule has 1 aliphatic carbocycles. The molecule has 5 rings (SSSR count). The van der Waals surface area contributed by atoms with Crippen LogP contribution in [-0.4, -0.2) is 35.5 Å². The maximum absolute atomic E-state index is 13.1. The molecule has 4 aromatic rings. The molecule has 0 bridgehead atoms. The Bertz CT molecular complexity index is 2290. The van der Waals surface area contributed by atoms with Gasteiger partial charge >= 0.3 is 18.0 Å². The Morgan fingerprint density at radius 2 is 1.52 bits per heavy atom. The van der Waals surface area contributed by atoms with Gasteiger partial charge in [-0.05, 0) is 117 Å². The Kier molecular flexibility index (Phi) is 15.9. The number of allylic oxidation sites excluding steroid dienone is 9. The van der Waals surface area contributed by atoms with E-state index in [1.807, 2.05) is 31.2 Å². The largest absolute Gasteiger partial charge is 0.459 e. The molecule has 0 fully saturated rings. The van der Waals surface area contributed by atoms with E-state index >= 15 is 0 Å². The molecule has 1 aliphatic rings. The first-order chi connectivity index (χ1) is 28.8. The maximum atomic E-state index is 13.1. The maximum Gasteiger partial charge on any atom is 0.412 e.